The van der Waals surface area contributed by atoms with Gasteiger partial charge in [-0.3, -0.25) is 4.79 Å². The lowest BCUT2D eigenvalue weighted by atomic mass is 10.0. The Morgan fingerprint density at radius 3 is 2.41 bits per heavy atom. The van der Waals surface area contributed by atoms with Gasteiger partial charge >= 0.3 is 0 Å². The van der Waals surface area contributed by atoms with E-state index < -0.39 is 0 Å². The Morgan fingerprint density at radius 2 is 1.94 bits per heavy atom. The van der Waals surface area contributed by atoms with Gasteiger partial charge in [0.2, 0.25) is 5.91 Å². The lowest BCUT2D eigenvalue weighted by molar-refractivity contribution is -0.128. The van der Waals surface area contributed by atoms with Crippen LogP contribution in [-0.2, 0) is 4.79 Å². The molecule has 1 aliphatic heterocycles. The van der Waals surface area contributed by atoms with E-state index in [0.717, 1.165) is 6.54 Å². The van der Waals surface area contributed by atoms with Gasteiger partial charge in [0.1, 0.15) is 0 Å². The smallest absolute Gasteiger partial charge is 0.223 e. The third-order valence-electron chi connectivity index (χ3n) is 3.53. The lowest BCUT2D eigenvalue weighted by Crippen LogP contribution is -2.45. The molecule has 0 saturated carbocycles. The van der Waals surface area contributed by atoms with Gasteiger partial charge in [-0.15, -0.1) is 0 Å². The molecular weight excluding hydrogens is 214 g/mol. The van der Waals surface area contributed by atoms with Crippen LogP contribution in [0.25, 0.3) is 0 Å². The third-order valence-corrected chi connectivity index (χ3v) is 3.53. The molecule has 0 aromatic carbocycles. The van der Waals surface area contributed by atoms with E-state index in [4.69, 9.17) is 0 Å². The molecule has 1 N–H and O–H groups in total. The van der Waals surface area contributed by atoms with Crippen LogP contribution in [-0.4, -0.2) is 61.5 Å². The number of nitrogens with zero attached hydrogens (tertiary/aromatic N) is 2. The standard InChI is InChI=1S/C13H27N3O/c1-11(2)16-9-6-12(7-10-16)14-8-5-13(17)15(3)4/h11-12,14H,5-10H2,1-4H3. The van der Waals surface area contributed by atoms with Crippen LogP contribution < -0.4 is 5.32 Å². The SMILES string of the molecule is CC(C)N1CCC(NCCC(=O)N(C)C)CC1. The first-order valence-electron chi connectivity index (χ1n) is 6.68. The Bertz CT molecular complexity index is 233. The first-order chi connectivity index (χ1) is 8.00. The number of rotatable bonds is 5. The van der Waals surface area contributed by atoms with Crippen molar-refractivity contribution in [2.45, 2.75) is 45.2 Å². The molecule has 1 amide bonds. The van der Waals surface area contributed by atoms with Crippen molar-refractivity contribution in [2.75, 3.05) is 33.7 Å². The van der Waals surface area contributed by atoms with E-state index in [1.54, 1.807) is 4.90 Å². The Labute approximate surface area is 105 Å². The lowest BCUT2D eigenvalue weighted by Gasteiger charge is -2.35. The molecule has 0 atom stereocenters. The number of carbonyl (C=O) groups excluding carboxylic acids is 1. The minimum absolute atomic E-state index is 0.206. The van der Waals surface area contributed by atoms with E-state index in [9.17, 15) is 4.79 Å². The minimum Gasteiger partial charge on any atom is -0.349 e. The number of carbonyl (C=O) groups is 1. The average Bonchev–Trinajstić information content (AvgIpc) is 2.29. The number of nitrogens with one attached hydrogen (secondary N) is 1. The Kier molecular flexibility index (Phi) is 5.92. The summed E-state index contributed by atoms with van der Waals surface area (Å²) in [5, 5.41) is 3.49. The summed E-state index contributed by atoms with van der Waals surface area (Å²) < 4.78 is 0. The Hall–Kier alpha value is -0.610. The highest BCUT2D eigenvalue weighted by Crippen LogP contribution is 2.12. The second kappa shape index (κ2) is 6.97. The fraction of sp³-hybridized carbons (Fsp3) is 0.923. The summed E-state index contributed by atoms with van der Waals surface area (Å²) in [5.41, 5.74) is 0. The fourth-order valence-corrected chi connectivity index (χ4v) is 2.23. The van der Waals surface area contributed by atoms with Gasteiger partial charge in [0, 0.05) is 39.1 Å². The van der Waals surface area contributed by atoms with Gasteiger partial charge in [-0.25, -0.2) is 0 Å². The summed E-state index contributed by atoms with van der Waals surface area (Å²) in [5.74, 6) is 0.206. The monoisotopic (exact) mass is 241 g/mol. The van der Waals surface area contributed by atoms with E-state index in [-0.39, 0.29) is 5.91 Å². The topological polar surface area (TPSA) is 35.6 Å². The van der Waals surface area contributed by atoms with Crippen molar-refractivity contribution in [1.29, 1.82) is 0 Å². The van der Waals surface area contributed by atoms with Crippen molar-refractivity contribution in [3.05, 3.63) is 0 Å². The number of hydrogen-bond donors (Lipinski definition) is 1. The summed E-state index contributed by atoms with van der Waals surface area (Å²) in [6.45, 7) is 7.67. The van der Waals surface area contributed by atoms with Crippen molar-refractivity contribution >= 4 is 5.91 Å². The van der Waals surface area contributed by atoms with Gasteiger partial charge in [-0.1, -0.05) is 0 Å². The van der Waals surface area contributed by atoms with Crippen LogP contribution >= 0.6 is 0 Å². The second-order valence-corrected chi connectivity index (χ2v) is 5.40. The zero-order valence-corrected chi connectivity index (χ0v) is 11.7. The van der Waals surface area contributed by atoms with Crippen LogP contribution in [0.15, 0.2) is 0 Å². The molecule has 1 aliphatic rings. The molecule has 0 spiro atoms. The quantitative estimate of drug-likeness (QED) is 0.778. The van der Waals surface area contributed by atoms with Crippen molar-refractivity contribution < 1.29 is 4.79 Å². The van der Waals surface area contributed by atoms with Gasteiger partial charge in [0.15, 0.2) is 0 Å². The fourth-order valence-electron chi connectivity index (χ4n) is 2.23. The molecule has 0 unspecified atom stereocenters. The first kappa shape index (κ1) is 14.5. The zero-order valence-electron chi connectivity index (χ0n) is 11.7. The first-order valence-corrected chi connectivity index (χ1v) is 6.68. The van der Waals surface area contributed by atoms with E-state index in [1.165, 1.54) is 25.9 Å². The van der Waals surface area contributed by atoms with Crippen molar-refractivity contribution in [2.24, 2.45) is 0 Å². The van der Waals surface area contributed by atoms with Crippen LogP contribution in [0.4, 0.5) is 0 Å². The molecule has 1 fully saturated rings. The molecule has 4 heteroatoms. The summed E-state index contributed by atoms with van der Waals surface area (Å²) in [6, 6.07) is 1.26. The Morgan fingerprint density at radius 1 is 1.35 bits per heavy atom. The molecule has 100 valence electrons. The summed E-state index contributed by atoms with van der Waals surface area (Å²) in [4.78, 5) is 15.6. The van der Waals surface area contributed by atoms with Gasteiger partial charge in [-0.05, 0) is 39.8 Å². The number of piperidine rings is 1. The van der Waals surface area contributed by atoms with Gasteiger partial charge in [-0.2, -0.15) is 0 Å². The molecule has 17 heavy (non-hydrogen) atoms. The summed E-state index contributed by atoms with van der Waals surface area (Å²) in [6.07, 6.45) is 3.01. The zero-order chi connectivity index (χ0) is 12.8. The van der Waals surface area contributed by atoms with E-state index in [2.05, 4.69) is 24.1 Å². The molecule has 0 radical (unpaired) electrons. The summed E-state index contributed by atoms with van der Waals surface area (Å²) >= 11 is 0. The predicted molar refractivity (Wildman–Crippen MR) is 71.0 cm³/mol. The number of hydrogen-bond acceptors (Lipinski definition) is 3. The largest absolute Gasteiger partial charge is 0.349 e. The van der Waals surface area contributed by atoms with Crippen LogP contribution in [0.3, 0.4) is 0 Å². The van der Waals surface area contributed by atoms with Gasteiger partial charge in [0.05, 0.1) is 0 Å². The molecule has 0 aromatic heterocycles. The molecule has 1 saturated heterocycles. The minimum atomic E-state index is 0.206. The molecular formula is C13H27N3O. The normalized spacial score (nSPS) is 18.6. The molecule has 0 bridgehead atoms. The maximum Gasteiger partial charge on any atom is 0.223 e. The predicted octanol–water partition coefficient (Wildman–Crippen LogP) is 0.927. The highest BCUT2D eigenvalue weighted by atomic mass is 16.2. The second-order valence-electron chi connectivity index (χ2n) is 5.40. The molecule has 0 aromatic rings. The Balaban J connectivity index is 2.12. The molecule has 0 aliphatic carbocycles. The highest BCUT2D eigenvalue weighted by Gasteiger charge is 2.20. The van der Waals surface area contributed by atoms with Gasteiger partial charge in [0.25, 0.3) is 0 Å². The van der Waals surface area contributed by atoms with Crippen LogP contribution in [0, 0.1) is 0 Å². The van der Waals surface area contributed by atoms with Crippen LogP contribution in [0.1, 0.15) is 33.1 Å². The third kappa shape index (κ3) is 5.04. The van der Waals surface area contributed by atoms with Gasteiger partial charge < -0.3 is 15.1 Å². The molecule has 1 rings (SSSR count). The average molecular weight is 241 g/mol. The van der Waals surface area contributed by atoms with Crippen LogP contribution in [0.5, 0.6) is 0 Å². The van der Waals surface area contributed by atoms with Crippen LogP contribution in [0.2, 0.25) is 0 Å². The maximum atomic E-state index is 11.4. The summed E-state index contributed by atoms with van der Waals surface area (Å²) in [7, 11) is 3.62. The van der Waals surface area contributed by atoms with Crippen molar-refractivity contribution in [1.82, 2.24) is 15.1 Å². The molecule has 4 nitrogen and oxygen atoms in total. The number of amides is 1. The van der Waals surface area contributed by atoms with Crippen molar-refractivity contribution in [3.63, 3.8) is 0 Å². The maximum absolute atomic E-state index is 11.4. The number of likely N-dealkylation sites (tertiary alicyclic amines) is 1. The van der Waals surface area contributed by atoms with E-state index in [1.807, 2.05) is 14.1 Å². The molecule has 1 heterocycles. The highest BCUT2D eigenvalue weighted by molar-refractivity contribution is 5.75. The van der Waals surface area contributed by atoms with E-state index in [0.29, 0.717) is 18.5 Å². The van der Waals surface area contributed by atoms with E-state index >= 15 is 0 Å². The van der Waals surface area contributed by atoms with Crippen molar-refractivity contribution in [3.8, 4) is 0 Å².